The molecule has 0 spiro atoms. The first-order chi connectivity index (χ1) is 17.8. The number of carboxylic acid groups (broad SMARTS) is 2. The fraction of sp³-hybridized carbons (Fsp3) is 0.259. The van der Waals surface area contributed by atoms with E-state index in [9.17, 15) is 19.8 Å². The summed E-state index contributed by atoms with van der Waals surface area (Å²) in [5.41, 5.74) is 14.1. The molecule has 1 atom stereocenters. The molecule has 4 rings (SSSR count). The number of rotatable bonds is 12. The Labute approximate surface area is 213 Å². The molecule has 7 N–H and O–H groups in total. The lowest BCUT2D eigenvalue weighted by molar-refractivity contribution is -0.139. The van der Waals surface area contributed by atoms with Gasteiger partial charge < -0.3 is 31.6 Å². The highest BCUT2D eigenvalue weighted by atomic mass is 16.4. The first kappa shape index (κ1) is 25.6. The van der Waals surface area contributed by atoms with Gasteiger partial charge in [-0.15, -0.1) is 0 Å². The second-order valence-electron chi connectivity index (χ2n) is 8.79. The molecule has 0 aliphatic heterocycles. The van der Waals surface area contributed by atoms with Crippen LogP contribution in [-0.4, -0.2) is 56.8 Å². The zero-order chi connectivity index (χ0) is 26.4. The quantitative estimate of drug-likeness (QED) is 0.112. The van der Waals surface area contributed by atoms with Gasteiger partial charge in [0.15, 0.2) is 5.96 Å². The van der Waals surface area contributed by atoms with Crippen molar-refractivity contribution in [2.75, 3.05) is 13.1 Å². The first-order valence-electron chi connectivity index (χ1n) is 12.0. The van der Waals surface area contributed by atoms with Crippen molar-refractivity contribution < 1.29 is 19.8 Å². The second kappa shape index (κ2) is 11.5. The molecule has 0 bridgehead atoms. The number of carboxylic acids is 2. The van der Waals surface area contributed by atoms with E-state index in [2.05, 4.69) is 19.9 Å². The largest absolute Gasteiger partial charge is 0.480 e. The molecule has 0 fully saturated rings. The van der Waals surface area contributed by atoms with E-state index in [4.69, 9.17) is 11.5 Å². The van der Waals surface area contributed by atoms with Crippen LogP contribution in [-0.2, 0) is 17.8 Å². The lowest BCUT2D eigenvalue weighted by atomic mass is 10.1. The molecule has 0 saturated carbocycles. The average Bonchev–Trinajstić information content (AvgIpc) is 3.19. The lowest BCUT2D eigenvalue weighted by Crippen LogP contribution is -2.38. The summed E-state index contributed by atoms with van der Waals surface area (Å²) in [6, 6.07) is 18.7. The third kappa shape index (κ3) is 6.04. The van der Waals surface area contributed by atoms with Crippen molar-refractivity contribution in [3.05, 3.63) is 77.6 Å². The van der Waals surface area contributed by atoms with Gasteiger partial charge in [0.1, 0.15) is 11.7 Å². The Morgan fingerprint density at radius 3 is 2.46 bits per heavy atom. The number of nitrogens with two attached hydrogens (primary N) is 2. The lowest BCUT2D eigenvalue weighted by Gasteiger charge is -2.15. The van der Waals surface area contributed by atoms with Crippen LogP contribution < -0.4 is 16.8 Å². The maximum Gasteiger partial charge on any atom is 0.354 e. The maximum absolute atomic E-state index is 11.9. The van der Waals surface area contributed by atoms with Crippen molar-refractivity contribution in [2.45, 2.75) is 31.8 Å². The van der Waals surface area contributed by atoms with Crippen molar-refractivity contribution in [2.24, 2.45) is 16.5 Å². The van der Waals surface area contributed by atoms with Crippen LogP contribution in [0.1, 0.15) is 34.6 Å². The number of benzene rings is 2. The van der Waals surface area contributed by atoms with Gasteiger partial charge in [-0.3, -0.25) is 9.79 Å². The van der Waals surface area contributed by atoms with Crippen molar-refractivity contribution in [3.8, 4) is 0 Å². The van der Waals surface area contributed by atoms with Gasteiger partial charge in [0, 0.05) is 42.3 Å². The number of nitrogens with one attached hydrogen (secondary N) is 1. The molecule has 0 aliphatic rings. The summed E-state index contributed by atoms with van der Waals surface area (Å²) in [4.78, 5) is 32.0. The standard InChI is InChI=1S/C27H30N6O4/c28-27(29)31-13-6-10-21(25(34)35)30-14-12-20-24-19(15-22(32-20)26(36)37)18-9-4-5-11-23(18)33(24)16-17-7-2-1-3-8-17/h1-5,7-9,11,15,21,30H,6,10,12-14,16H2,(H,34,35)(H,36,37)(H4,28,29,31)/t21-/m0/s1. The van der Waals surface area contributed by atoms with Gasteiger partial charge in [-0.05, 0) is 30.5 Å². The molecule has 10 nitrogen and oxygen atoms in total. The number of aliphatic carboxylic acids is 1. The predicted octanol–water partition coefficient (Wildman–Crippen LogP) is 2.57. The summed E-state index contributed by atoms with van der Waals surface area (Å²) < 4.78 is 2.15. The van der Waals surface area contributed by atoms with E-state index >= 15 is 0 Å². The number of hydrogen-bond acceptors (Lipinski definition) is 5. The Kier molecular flexibility index (Phi) is 7.99. The summed E-state index contributed by atoms with van der Waals surface area (Å²) in [5.74, 6) is -2.11. The number of para-hydroxylation sites is 1. The van der Waals surface area contributed by atoms with Crippen molar-refractivity contribution in [1.82, 2.24) is 14.9 Å². The Morgan fingerprint density at radius 2 is 1.76 bits per heavy atom. The smallest absolute Gasteiger partial charge is 0.354 e. The van der Waals surface area contributed by atoms with Gasteiger partial charge in [0.25, 0.3) is 0 Å². The van der Waals surface area contributed by atoms with Crippen LogP contribution in [0.15, 0.2) is 65.7 Å². The zero-order valence-corrected chi connectivity index (χ0v) is 20.3. The van der Waals surface area contributed by atoms with Crippen molar-refractivity contribution >= 4 is 39.7 Å². The van der Waals surface area contributed by atoms with Crippen molar-refractivity contribution in [1.29, 1.82) is 0 Å². The van der Waals surface area contributed by atoms with E-state index in [1.54, 1.807) is 6.07 Å². The minimum atomic E-state index is -1.11. The minimum Gasteiger partial charge on any atom is -0.480 e. The highest BCUT2D eigenvalue weighted by Crippen LogP contribution is 2.32. The molecule has 2 aromatic carbocycles. The molecule has 192 valence electrons. The van der Waals surface area contributed by atoms with Crippen LogP contribution in [0.25, 0.3) is 21.8 Å². The number of pyridine rings is 1. The molecule has 2 aromatic heterocycles. The number of carbonyl (C=O) groups is 2. The highest BCUT2D eigenvalue weighted by molar-refractivity contribution is 6.10. The number of aromatic carboxylic acids is 1. The SMILES string of the molecule is NC(N)=NCCC[C@H](NCCc1nc(C(=O)O)cc2c3ccccc3n(Cc3ccccc3)c12)C(=O)O. The van der Waals surface area contributed by atoms with Crippen LogP contribution in [0.3, 0.4) is 0 Å². The van der Waals surface area contributed by atoms with Gasteiger partial charge >= 0.3 is 11.9 Å². The number of fused-ring (bicyclic) bond motifs is 3. The first-order valence-corrected chi connectivity index (χ1v) is 12.0. The molecule has 0 unspecified atom stereocenters. The predicted molar refractivity (Wildman–Crippen MR) is 143 cm³/mol. The van der Waals surface area contributed by atoms with Gasteiger partial charge in [-0.1, -0.05) is 48.5 Å². The number of nitrogens with zero attached hydrogens (tertiary/aromatic N) is 3. The zero-order valence-electron chi connectivity index (χ0n) is 20.3. The molecule has 0 saturated heterocycles. The molecule has 0 radical (unpaired) electrons. The summed E-state index contributed by atoms with van der Waals surface area (Å²) in [6.45, 7) is 1.23. The monoisotopic (exact) mass is 502 g/mol. The second-order valence-corrected chi connectivity index (χ2v) is 8.79. The Balaban J connectivity index is 1.67. The van der Waals surface area contributed by atoms with Gasteiger partial charge in [-0.2, -0.15) is 0 Å². The van der Waals surface area contributed by atoms with Gasteiger partial charge in [0.2, 0.25) is 0 Å². The Bertz CT molecular complexity index is 1440. The fourth-order valence-electron chi connectivity index (χ4n) is 4.55. The van der Waals surface area contributed by atoms with Crippen LogP contribution >= 0.6 is 0 Å². The summed E-state index contributed by atoms with van der Waals surface area (Å²) in [5, 5.41) is 24.2. The maximum atomic E-state index is 11.9. The van der Waals surface area contributed by atoms with E-state index in [0.29, 0.717) is 44.6 Å². The molecular weight excluding hydrogens is 472 g/mol. The van der Waals surface area contributed by atoms with Crippen LogP contribution in [0.2, 0.25) is 0 Å². The fourth-order valence-corrected chi connectivity index (χ4v) is 4.55. The molecule has 2 heterocycles. The highest BCUT2D eigenvalue weighted by Gasteiger charge is 2.20. The van der Waals surface area contributed by atoms with E-state index in [-0.39, 0.29) is 11.7 Å². The topological polar surface area (TPSA) is 169 Å². The normalized spacial score (nSPS) is 12.0. The van der Waals surface area contributed by atoms with E-state index in [1.807, 2.05) is 54.6 Å². The Morgan fingerprint density at radius 1 is 1.03 bits per heavy atom. The third-order valence-corrected chi connectivity index (χ3v) is 6.22. The Hall–Kier alpha value is -4.44. The molecule has 37 heavy (non-hydrogen) atoms. The van der Waals surface area contributed by atoms with Gasteiger partial charge in [-0.25, -0.2) is 9.78 Å². The molecule has 4 aromatic rings. The molecule has 10 heteroatoms. The van der Waals surface area contributed by atoms with Crippen LogP contribution in [0, 0.1) is 0 Å². The van der Waals surface area contributed by atoms with Crippen LogP contribution in [0.5, 0.6) is 0 Å². The van der Waals surface area contributed by atoms with E-state index in [1.165, 1.54) is 0 Å². The van der Waals surface area contributed by atoms with Crippen LogP contribution in [0.4, 0.5) is 0 Å². The summed E-state index contributed by atoms with van der Waals surface area (Å²) in [7, 11) is 0. The number of aromatic nitrogens is 2. The third-order valence-electron chi connectivity index (χ3n) is 6.22. The van der Waals surface area contributed by atoms with Crippen molar-refractivity contribution in [3.63, 3.8) is 0 Å². The number of hydrogen-bond donors (Lipinski definition) is 5. The number of guanidine groups is 1. The minimum absolute atomic E-state index is 0.0286. The van der Waals surface area contributed by atoms with E-state index in [0.717, 1.165) is 27.4 Å². The molecule has 0 aliphatic carbocycles. The summed E-state index contributed by atoms with van der Waals surface area (Å²) >= 11 is 0. The molecule has 0 amide bonds. The number of aliphatic imine (C=N–C) groups is 1. The van der Waals surface area contributed by atoms with E-state index < -0.39 is 18.0 Å². The average molecular weight is 503 g/mol. The van der Waals surface area contributed by atoms with Gasteiger partial charge in [0.05, 0.1) is 11.2 Å². The molecular formula is C27H30N6O4. The summed E-state index contributed by atoms with van der Waals surface area (Å²) in [6.07, 6.45) is 1.20.